The molecule has 0 atom stereocenters. The monoisotopic (exact) mass is 202 g/mol. The summed E-state index contributed by atoms with van der Waals surface area (Å²) in [5.41, 5.74) is 1.44. The summed E-state index contributed by atoms with van der Waals surface area (Å²) in [4.78, 5) is 10.6. The van der Waals surface area contributed by atoms with E-state index in [1.165, 1.54) is 0 Å². The molecule has 13 heavy (non-hydrogen) atoms. The van der Waals surface area contributed by atoms with E-state index >= 15 is 0 Å². The van der Waals surface area contributed by atoms with E-state index in [1.54, 1.807) is 12.3 Å². The highest BCUT2D eigenvalue weighted by atomic mass is 35.5. The first-order chi connectivity index (χ1) is 5.77. The molecule has 0 fully saturated rings. The summed E-state index contributed by atoms with van der Waals surface area (Å²) < 4.78 is 1.99. The van der Waals surface area contributed by atoms with E-state index in [9.17, 15) is 4.79 Å². The maximum Gasteiger partial charge on any atom is 0.337 e. The summed E-state index contributed by atoms with van der Waals surface area (Å²) in [6, 6.07) is 1.72. The zero-order chi connectivity index (χ0) is 8.55. The predicted octanol–water partition coefficient (Wildman–Crippen LogP) is 0.711. The third-order valence-corrected chi connectivity index (χ3v) is 2.07. The molecular weight excluding hydrogens is 192 g/mol. The van der Waals surface area contributed by atoms with Gasteiger partial charge >= 0.3 is 5.97 Å². The van der Waals surface area contributed by atoms with E-state index in [0.717, 1.165) is 25.3 Å². The molecule has 0 saturated carbocycles. The Hall–Kier alpha value is -1.00. The van der Waals surface area contributed by atoms with Crippen LogP contribution < -0.4 is 5.32 Å². The van der Waals surface area contributed by atoms with Crippen LogP contribution in [0.15, 0.2) is 12.3 Å². The topological polar surface area (TPSA) is 54.3 Å². The minimum atomic E-state index is -0.850. The van der Waals surface area contributed by atoms with Gasteiger partial charge in [0.15, 0.2) is 0 Å². The summed E-state index contributed by atoms with van der Waals surface area (Å²) >= 11 is 0. The molecule has 0 spiro atoms. The number of aromatic nitrogens is 1. The molecule has 0 saturated heterocycles. The number of rotatable bonds is 1. The molecular formula is C8H11ClN2O2. The number of hydrogen-bond acceptors (Lipinski definition) is 2. The van der Waals surface area contributed by atoms with Crippen molar-refractivity contribution in [3.8, 4) is 0 Å². The molecule has 0 aliphatic carbocycles. The van der Waals surface area contributed by atoms with Gasteiger partial charge in [-0.05, 0) is 6.07 Å². The number of halogens is 1. The van der Waals surface area contributed by atoms with Gasteiger partial charge in [-0.2, -0.15) is 0 Å². The second-order valence-corrected chi connectivity index (χ2v) is 2.90. The lowest BCUT2D eigenvalue weighted by Gasteiger charge is -2.15. The Morgan fingerprint density at radius 3 is 3.00 bits per heavy atom. The van der Waals surface area contributed by atoms with Gasteiger partial charge in [0.25, 0.3) is 0 Å². The molecule has 1 aromatic rings. The summed E-state index contributed by atoms with van der Waals surface area (Å²) in [6.45, 7) is 2.55. The van der Waals surface area contributed by atoms with Gasteiger partial charge in [0.2, 0.25) is 0 Å². The number of nitrogens with zero attached hydrogens (tertiary/aromatic N) is 1. The zero-order valence-corrected chi connectivity index (χ0v) is 7.80. The molecule has 0 unspecified atom stereocenters. The molecule has 2 N–H and O–H groups in total. The largest absolute Gasteiger partial charge is 0.478 e. The number of aromatic carboxylic acids is 1. The quantitative estimate of drug-likeness (QED) is 0.706. The highest BCUT2D eigenvalue weighted by Gasteiger charge is 2.12. The van der Waals surface area contributed by atoms with Gasteiger partial charge in [-0.15, -0.1) is 12.4 Å². The first kappa shape index (κ1) is 10.1. The summed E-state index contributed by atoms with van der Waals surface area (Å²) in [5.74, 6) is -0.850. The van der Waals surface area contributed by atoms with Gasteiger partial charge in [-0.3, -0.25) is 0 Å². The molecule has 72 valence electrons. The van der Waals surface area contributed by atoms with Crippen LogP contribution in [-0.4, -0.2) is 22.2 Å². The van der Waals surface area contributed by atoms with Crippen LogP contribution in [0.2, 0.25) is 0 Å². The van der Waals surface area contributed by atoms with Crippen molar-refractivity contribution in [2.45, 2.75) is 13.1 Å². The lowest BCUT2D eigenvalue weighted by molar-refractivity contribution is 0.0697. The Bertz CT molecular complexity index is 298. The van der Waals surface area contributed by atoms with E-state index in [2.05, 4.69) is 5.32 Å². The second kappa shape index (κ2) is 3.81. The van der Waals surface area contributed by atoms with E-state index in [-0.39, 0.29) is 12.4 Å². The summed E-state index contributed by atoms with van der Waals surface area (Å²) in [7, 11) is 0. The van der Waals surface area contributed by atoms with Gasteiger partial charge in [0.05, 0.1) is 5.56 Å². The third-order valence-electron chi connectivity index (χ3n) is 2.07. The SMILES string of the molecule is Cl.O=C(O)c1cc2n(c1)CCNC2. The molecule has 4 nitrogen and oxygen atoms in total. The van der Waals surface area contributed by atoms with E-state index < -0.39 is 5.97 Å². The van der Waals surface area contributed by atoms with Crippen molar-refractivity contribution in [1.29, 1.82) is 0 Å². The predicted molar refractivity (Wildman–Crippen MR) is 50.3 cm³/mol. The molecule has 2 heterocycles. The summed E-state index contributed by atoms with van der Waals surface area (Å²) in [6.07, 6.45) is 1.69. The minimum absolute atomic E-state index is 0. The van der Waals surface area contributed by atoms with E-state index in [0.29, 0.717) is 5.56 Å². The van der Waals surface area contributed by atoms with Crippen LogP contribution in [0.3, 0.4) is 0 Å². The van der Waals surface area contributed by atoms with Gasteiger partial charge in [-0.25, -0.2) is 4.79 Å². The normalized spacial score (nSPS) is 14.5. The lowest BCUT2D eigenvalue weighted by Crippen LogP contribution is -2.27. The van der Waals surface area contributed by atoms with Crippen LogP contribution in [0.25, 0.3) is 0 Å². The Balaban J connectivity index is 0.000000845. The molecule has 0 amide bonds. The number of hydrogen-bond donors (Lipinski definition) is 2. The van der Waals surface area contributed by atoms with Gasteiger partial charge in [-0.1, -0.05) is 0 Å². The lowest BCUT2D eigenvalue weighted by atomic mass is 10.3. The average Bonchev–Trinajstić information content (AvgIpc) is 2.46. The summed E-state index contributed by atoms with van der Waals surface area (Å²) in [5, 5.41) is 11.9. The van der Waals surface area contributed by atoms with Crippen LogP contribution in [0.4, 0.5) is 0 Å². The maximum atomic E-state index is 10.6. The number of carbonyl (C=O) groups is 1. The average molecular weight is 203 g/mol. The number of fused-ring (bicyclic) bond motifs is 1. The fourth-order valence-electron chi connectivity index (χ4n) is 1.44. The number of nitrogens with one attached hydrogen (secondary N) is 1. The minimum Gasteiger partial charge on any atom is -0.478 e. The Kier molecular flexibility index (Phi) is 2.95. The van der Waals surface area contributed by atoms with Crippen LogP contribution in [-0.2, 0) is 13.1 Å². The fourth-order valence-corrected chi connectivity index (χ4v) is 1.44. The second-order valence-electron chi connectivity index (χ2n) is 2.90. The zero-order valence-electron chi connectivity index (χ0n) is 6.99. The molecule has 2 rings (SSSR count). The number of carboxylic acids is 1. The molecule has 1 aliphatic heterocycles. The Morgan fingerprint density at radius 2 is 2.38 bits per heavy atom. The molecule has 5 heteroatoms. The van der Waals surface area contributed by atoms with Gasteiger partial charge < -0.3 is 15.0 Å². The van der Waals surface area contributed by atoms with E-state index in [4.69, 9.17) is 5.11 Å². The van der Waals surface area contributed by atoms with Gasteiger partial charge in [0.1, 0.15) is 0 Å². The van der Waals surface area contributed by atoms with Crippen molar-refractivity contribution in [2.24, 2.45) is 0 Å². The fraction of sp³-hybridized carbons (Fsp3) is 0.375. The maximum absolute atomic E-state index is 10.6. The smallest absolute Gasteiger partial charge is 0.337 e. The molecule has 0 radical (unpaired) electrons. The molecule has 1 aliphatic rings. The standard InChI is InChI=1S/C8H10N2O2.ClH/c11-8(12)6-3-7-4-9-1-2-10(7)5-6;/h3,5,9H,1-2,4H2,(H,11,12);1H. The van der Waals surface area contributed by atoms with Gasteiger partial charge in [0, 0.05) is 31.5 Å². The molecule has 1 aromatic heterocycles. The van der Waals surface area contributed by atoms with Crippen molar-refractivity contribution in [2.75, 3.05) is 6.54 Å². The first-order valence-corrected chi connectivity index (χ1v) is 3.90. The van der Waals surface area contributed by atoms with Crippen molar-refractivity contribution >= 4 is 18.4 Å². The Labute approximate surface area is 82.0 Å². The highest BCUT2D eigenvalue weighted by Crippen LogP contribution is 2.10. The van der Waals surface area contributed by atoms with Crippen LogP contribution in [0, 0.1) is 0 Å². The van der Waals surface area contributed by atoms with Crippen LogP contribution in [0.5, 0.6) is 0 Å². The third kappa shape index (κ3) is 1.84. The highest BCUT2D eigenvalue weighted by molar-refractivity contribution is 5.87. The number of carboxylic acid groups (broad SMARTS) is 1. The van der Waals surface area contributed by atoms with Crippen molar-refractivity contribution < 1.29 is 9.90 Å². The molecule has 0 aromatic carbocycles. The van der Waals surface area contributed by atoms with Crippen LogP contribution >= 0.6 is 12.4 Å². The molecule has 0 bridgehead atoms. The van der Waals surface area contributed by atoms with E-state index in [1.807, 2.05) is 4.57 Å². The van der Waals surface area contributed by atoms with Crippen molar-refractivity contribution in [3.05, 3.63) is 23.5 Å². The van der Waals surface area contributed by atoms with Crippen LogP contribution in [0.1, 0.15) is 16.1 Å². The van der Waals surface area contributed by atoms with Crippen molar-refractivity contribution in [3.63, 3.8) is 0 Å². The van der Waals surface area contributed by atoms with Crippen molar-refractivity contribution in [1.82, 2.24) is 9.88 Å². The first-order valence-electron chi connectivity index (χ1n) is 3.90. The Morgan fingerprint density at radius 1 is 1.62 bits per heavy atom.